The van der Waals surface area contributed by atoms with Gasteiger partial charge in [0.2, 0.25) is 5.95 Å². The first-order chi connectivity index (χ1) is 8.40. The van der Waals surface area contributed by atoms with Gasteiger partial charge in [-0.2, -0.15) is 9.97 Å². The predicted molar refractivity (Wildman–Crippen MR) is 66.6 cm³/mol. The van der Waals surface area contributed by atoms with Crippen LogP contribution < -0.4 is 15.2 Å². The van der Waals surface area contributed by atoms with E-state index in [9.17, 15) is 0 Å². The van der Waals surface area contributed by atoms with E-state index in [2.05, 4.69) is 15.0 Å². The smallest absolute Gasteiger partial charge is 0.324 e. The van der Waals surface area contributed by atoms with Gasteiger partial charge in [0.15, 0.2) is 0 Å². The Labute approximate surface area is 107 Å². The maximum Gasteiger partial charge on any atom is 0.324 e. The van der Waals surface area contributed by atoms with Gasteiger partial charge in [-0.3, -0.25) is 0 Å². The monoisotopic (exact) mass is 256 g/mol. The molecule has 0 unspecified atom stereocenters. The molecule has 0 spiro atoms. The highest BCUT2D eigenvalue weighted by Gasteiger charge is 2.10. The Kier molecular flexibility index (Phi) is 5.08. The second-order valence-corrected chi connectivity index (χ2v) is 4.50. The maximum absolute atomic E-state index is 5.51. The molecule has 0 aliphatic rings. The Morgan fingerprint density at radius 3 is 2.17 bits per heavy atom. The zero-order valence-electron chi connectivity index (χ0n) is 11.3. The van der Waals surface area contributed by atoms with Crippen molar-refractivity contribution in [2.45, 2.75) is 33.3 Å². The zero-order valence-corrected chi connectivity index (χ0v) is 11.3. The molecule has 0 bridgehead atoms. The molecule has 0 saturated carbocycles. The zero-order chi connectivity index (χ0) is 13.6. The van der Waals surface area contributed by atoms with Crippen molar-refractivity contribution in [3.05, 3.63) is 0 Å². The summed E-state index contributed by atoms with van der Waals surface area (Å²) in [7, 11) is 0. The summed E-state index contributed by atoms with van der Waals surface area (Å²) in [5, 5.41) is 0. The van der Waals surface area contributed by atoms with Gasteiger partial charge in [0.25, 0.3) is 0 Å². The average molecular weight is 256 g/mol. The number of nitrogens with two attached hydrogens (primary N) is 1. The molecule has 7 nitrogen and oxygen atoms in total. The summed E-state index contributed by atoms with van der Waals surface area (Å²) in [6.07, 6.45) is 0. The van der Waals surface area contributed by atoms with Crippen LogP contribution in [0.25, 0.3) is 0 Å². The Morgan fingerprint density at radius 2 is 1.61 bits per heavy atom. The van der Waals surface area contributed by atoms with Gasteiger partial charge in [-0.25, -0.2) is 0 Å². The lowest BCUT2D eigenvalue weighted by Gasteiger charge is -2.19. The second-order valence-electron chi connectivity index (χ2n) is 4.50. The van der Waals surface area contributed by atoms with Crippen molar-refractivity contribution in [1.82, 2.24) is 15.0 Å². The molecule has 0 aliphatic heterocycles. The van der Waals surface area contributed by atoms with Crippen molar-refractivity contribution in [3.8, 4) is 12.0 Å². The summed E-state index contributed by atoms with van der Waals surface area (Å²) in [4.78, 5) is 11.6. The van der Waals surface area contributed by atoms with E-state index in [1.807, 2.05) is 27.7 Å². The molecule has 18 heavy (non-hydrogen) atoms. The van der Waals surface area contributed by atoms with E-state index in [0.717, 1.165) is 0 Å². The lowest BCUT2D eigenvalue weighted by molar-refractivity contribution is -0.0174. The molecule has 0 atom stereocenters. The van der Waals surface area contributed by atoms with E-state index in [4.69, 9.17) is 19.9 Å². The van der Waals surface area contributed by atoms with Gasteiger partial charge in [-0.1, -0.05) is 0 Å². The molecule has 7 heteroatoms. The summed E-state index contributed by atoms with van der Waals surface area (Å²) in [5.41, 5.74) is 5.31. The van der Waals surface area contributed by atoms with Crippen LogP contribution in [0.5, 0.6) is 12.0 Å². The molecule has 0 radical (unpaired) electrons. The lowest BCUT2D eigenvalue weighted by atomic mass is 10.2. The Hall–Kier alpha value is -1.63. The summed E-state index contributed by atoms with van der Waals surface area (Å²) < 4.78 is 16.0. The van der Waals surface area contributed by atoms with Crippen molar-refractivity contribution in [3.63, 3.8) is 0 Å². The standard InChI is InChI=1S/C11H20N4O3/c1-5-16-9-13-8(12)14-10(15-9)17-6-7-18-11(2,3)4/h5-7H2,1-4H3,(H2,12,13,14,15). The Morgan fingerprint density at radius 1 is 1.00 bits per heavy atom. The van der Waals surface area contributed by atoms with E-state index >= 15 is 0 Å². The highest BCUT2D eigenvalue weighted by Crippen LogP contribution is 2.11. The van der Waals surface area contributed by atoms with E-state index in [1.54, 1.807) is 0 Å². The van der Waals surface area contributed by atoms with E-state index in [0.29, 0.717) is 19.8 Å². The van der Waals surface area contributed by atoms with Gasteiger partial charge in [0.05, 0.1) is 18.8 Å². The fraction of sp³-hybridized carbons (Fsp3) is 0.727. The molecule has 0 aliphatic carbocycles. The van der Waals surface area contributed by atoms with Crippen LogP contribution in [0, 0.1) is 0 Å². The average Bonchev–Trinajstić information content (AvgIpc) is 2.23. The highest BCUT2D eigenvalue weighted by molar-refractivity contribution is 5.20. The minimum atomic E-state index is -0.196. The third kappa shape index (κ3) is 5.62. The lowest BCUT2D eigenvalue weighted by Crippen LogP contribution is -2.22. The Bertz CT molecular complexity index is 379. The topological polar surface area (TPSA) is 92.4 Å². The second kappa shape index (κ2) is 6.34. The van der Waals surface area contributed by atoms with Crippen LogP contribution in [0.1, 0.15) is 27.7 Å². The van der Waals surface area contributed by atoms with Crippen LogP contribution in [-0.2, 0) is 4.74 Å². The quantitative estimate of drug-likeness (QED) is 0.760. The molecule has 0 saturated heterocycles. The number of rotatable bonds is 6. The number of ether oxygens (including phenoxy) is 3. The number of nitrogen functional groups attached to an aromatic ring is 1. The molecular formula is C11H20N4O3. The Balaban J connectivity index is 2.46. The van der Waals surface area contributed by atoms with E-state index in [-0.39, 0.29) is 23.6 Å². The summed E-state index contributed by atoms with van der Waals surface area (Å²) in [6, 6.07) is 0.306. The first-order valence-electron chi connectivity index (χ1n) is 5.82. The molecule has 102 valence electrons. The van der Waals surface area contributed by atoms with Gasteiger partial charge in [0, 0.05) is 0 Å². The van der Waals surface area contributed by atoms with E-state index in [1.165, 1.54) is 0 Å². The van der Waals surface area contributed by atoms with Crippen LogP contribution in [-0.4, -0.2) is 40.4 Å². The molecule has 0 fully saturated rings. The largest absolute Gasteiger partial charge is 0.464 e. The molecule has 2 N–H and O–H groups in total. The summed E-state index contributed by atoms with van der Waals surface area (Å²) in [5.74, 6) is 0.0696. The van der Waals surface area contributed by atoms with Crippen molar-refractivity contribution in [2.75, 3.05) is 25.6 Å². The van der Waals surface area contributed by atoms with Gasteiger partial charge in [-0.15, -0.1) is 4.98 Å². The number of nitrogens with zero attached hydrogens (tertiary/aromatic N) is 3. The van der Waals surface area contributed by atoms with Crippen LogP contribution in [0.15, 0.2) is 0 Å². The summed E-state index contributed by atoms with van der Waals surface area (Å²) >= 11 is 0. The van der Waals surface area contributed by atoms with Gasteiger partial charge in [0.1, 0.15) is 6.61 Å². The first-order valence-corrected chi connectivity index (χ1v) is 5.82. The van der Waals surface area contributed by atoms with Crippen LogP contribution in [0.3, 0.4) is 0 Å². The van der Waals surface area contributed by atoms with Crippen molar-refractivity contribution >= 4 is 5.95 Å². The summed E-state index contributed by atoms with van der Waals surface area (Å²) in [6.45, 7) is 8.99. The minimum Gasteiger partial charge on any atom is -0.464 e. The molecule has 0 aromatic carbocycles. The number of hydrogen-bond donors (Lipinski definition) is 1. The van der Waals surface area contributed by atoms with E-state index < -0.39 is 0 Å². The number of anilines is 1. The fourth-order valence-electron chi connectivity index (χ4n) is 1.09. The van der Waals surface area contributed by atoms with Crippen LogP contribution in [0.2, 0.25) is 0 Å². The van der Waals surface area contributed by atoms with Gasteiger partial charge >= 0.3 is 12.0 Å². The van der Waals surface area contributed by atoms with Crippen molar-refractivity contribution in [1.29, 1.82) is 0 Å². The van der Waals surface area contributed by atoms with Gasteiger partial charge in [-0.05, 0) is 27.7 Å². The van der Waals surface area contributed by atoms with Gasteiger partial charge < -0.3 is 19.9 Å². The third-order valence-corrected chi connectivity index (χ3v) is 1.73. The normalized spacial score (nSPS) is 11.3. The molecule has 1 aromatic rings. The maximum atomic E-state index is 5.51. The highest BCUT2D eigenvalue weighted by atomic mass is 16.5. The van der Waals surface area contributed by atoms with Crippen molar-refractivity contribution in [2.24, 2.45) is 0 Å². The SMILES string of the molecule is CCOc1nc(N)nc(OCCOC(C)(C)C)n1. The molecule has 1 rings (SSSR count). The van der Waals surface area contributed by atoms with Crippen LogP contribution >= 0.6 is 0 Å². The van der Waals surface area contributed by atoms with Crippen LogP contribution in [0.4, 0.5) is 5.95 Å². The molecule has 0 amide bonds. The molecule has 1 heterocycles. The molecular weight excluding hydrogens is 236 g/mol. The number of aromatic nitrogens is 3. The fourth-order valence-corrected chi connectivity index (χ4v) is 1.09. The minimum absolute atomic E-state index is 0.0696. The number of hydrogen-bond acceptors (Lipinski definition) is 7. The van der Waals surface area contributed by atoms with Crippen molar-refractivity contribution < 1.29 is 14.2 Å². The molecule has 1 aromatic heterocycles. The first kappa shape index (κ1) is 14.4. The third-order valence-electron chi connectivity index (χ3n) is 1.73. The predicted octanol–water partition coefficient (Wildman–Crippen LogP) is 1.05.